The lowest BCUT2D eigenvalue weighted by Gasteiger charge is -2.32. The predicted molar refractivity (Wildman–Crippen MR) is 159 cm³/mol. The number of anilines is 1. The molecule has 0 spiro atoms. The number of aryl methyl sites for hydroxylation is 1. The Balaban J connectivity index is 1.81. The van der Waals surface area contributed by atoms with Crippen LogP contribution in [0.15, 0.2) is 36.4 Å². The molecule has 0 aromatic heterocycles. The maximum absolute atomic E-state index is 13.6. The molecule has 0 bridgehead atoms. The van der Waals surface area contributed by atoms with Crippen LogP contribution in [0.1, 0.15) is 63.0 Å². The lowest BCUT2D eigenvalue weighted by atomic mass is 10.1. The van der Waals surface area contributed by atoms with Crippen molar-refractivity contribution in [1.82, 2.24) is 10.2 Å². The molecule has 1 fully saturated rings. The van der Waals surface area contributed by atoms with Gasteiger partial charge in [-0.25, -0.2) is 8.42 Å². The summed E-state index contributed by atoms with van der Waals surface area (Å²) in [5.74, 6) is -0.444. The molecule has 7 nitrogen and oxygen atoms in total. The number of carbonyl (C=O) groups is 2. The smallest absolute Gasteiger partial charge is 0.243 e. The second-order valence-electron chi connectivity index (χ2n) is 10.0. The highest BCUT2D eigenvalue weighted by Gasteiger charge is 2.31. The first-order valence-corrected chi connectivity index (χ1v) is 16.2. The summed E-state index contributed by atoms with van der Waals surface area (Å²) in [6.07, 6.45) is 5.87. The average Bonchev–Trinajstić information content (AvgIpc) is 3.37. The molecule has 214 valence electrons. The lowest BCUT2D eigenvalue weighted by Crippen LogP contribution is -2.51. The molecule has 2 aromatic carbocycles. The molecule has 1 saturated carbocycles. The van der Waals surface area contributed by atoms with Gasteiger partial charge in [-0.15, -0.1) is 0 Å². The number of carbonyl (C=O) groups excluding carboxylic acids is 2. The first kappa shape index (κ1) is 31.5. The van der Waals surface area contributed by atoms with Crippen LogP contribution in [0.3, 0.4) is 0 Å². The molecule has 1 atom stereocenters. The van der Waals surface area contributed by atoms with E-state index in [0.29, 0.717) is 32.7 Å². The Kier molecular flexibility index (Phi) is 11.4. The molecule has 1 aliphatic carbocycles. The number of halogens is 3. The summed E-state index contributed by atoms with van der Waals surface area (Å²) in [5, 5.41) is 4.42. The Hall–Kier alpha value is -2.00. The highest BCUT2D eigenvalue weighted by Crippen LogP contribution is 2.28. The summed E-state index contributed by atoms with van der Waals surface area (Å²) in [4.78, 5) is 28.5. The van der Waals surface area contributed by atoms with Gasteiger partial charge in [0.1, 0.15) is 6.04 Å². The van der Waals surface area contributed by atoms with Crippen LogP contribution in [0.4, 0.5) is 5.69 Å². The van der Waals surface area contributed by atoms with Gasteiger partial charge in [0.25, 0.3) is 0 Å². The average molecular weight is 617 g/mol. The van der Waals surface area contributed by atoms with Crippen molar-refractivity contribution in [3.8, 4) is 0 Å². The van der Waals surface area contributed by atoms with E-state index in [1.54, 1.807) is 48.2 Å². The highest BCUT2D eigenvalue weighted by molar-refractivity contribution is 7.92. The zero-order valence-electron chi connectivity index (χ0n) is 22.6. The van der Waals surface area contributed by atoms with Gasteiger partial charge in [0.15, 0.2) is 0 Å². The van der Waals surface area contributed by atoms with Crippen LogP contribution < -0.4 is 9.62 Å². The van der Waals surface area contributed by atoms with Crippen LogP contribution in [-0.2, 0) is 26.2 Å². The number of hydrogen-bond acceptors (Lipinski definition) is 4. The molecule has 0 heterocycles. The number of benzene rings is 2. The lowest BCUT2D eigenvalue weighted by molar-refractivity contribution is -0.141. The minimum absolute atomic E-state index is 0.0457. The second-order valence-corrected chi connectivity index (χ2v) is 13.2. The van der Waals surface area contributed by atoms with Crippen molar-refractivity contribution in [2.75, 3.05) is 17.1 Å². The Morgan fingerprint density at radius 2 is 1.69 bits per heavy atom. The van der Waals surface area contributed by atoms with Gasteiger partial charge in [-0.2, -0.15) is 0 Å². The predicted octanol–water partition coefficient (Wildman–Crippen LogP) is 6.37. The van der Waals surface area contributed by atoms with E-state index in [0.717, 1.165) is 37.5 Å². The summed E-state index contributed by atoms with van der Waals surface area (Å²) >= 11 is 18.6. The van der Waals surface area contributed by atoms with Crippen LogP contribution in [0.5, 0.6) is 0 Å². The Morgan fingerprint density at radius 3 is 2.31 bits per heavy atom. The summed E-state index contributed by atoms with van der Waals surface area (Å²) in [7, 11) is -3.63. The molecule has 2 aromatic rings. The van der Waals surface area contributed by atoms with Gasteiger partial charge in [-0.3, -0.25) is 13.9 Å². The van der Waals surface area contributed by atoms with Crippen LogP contribution in [0, 0.1) is 6.92 Å². The zero-order chi connectivity index (χ0) is 28.7. The summed E-state index contributed by atoms with van der Waals surface area (Å²) in [6.45, 7) is 3.90. The molecule has 3 rings (SSSR count). The quantitative estimate of drug-likeness (QED) is 0.300. The summed E-state index contributed by atoms with van der Waals surface area (Å²) in [5.41, 5.74) is 1.91. The monoisotopic (exact) mass is 615 g/mol. The molecule has 11 heteroatoms. The standard InChI is InChI=1S/C28H36Cl3N3O4S/c1-4-25(28(36)32-23-8-5-6-9-23)33(18-20-12-14-21(29)16-24(20)31)27(35)10-7-15-34(39(3,37)38)26-17-22(30)13-11-19(26)2/h11-14,16-17,23,25H,4-10,15,18H2,1-3H3,(H,32,36)/t25-/m0/s1. The van der Waals surface area contributed by atoms with E-state index < -0.39 is 16.1 Å². The van der Waals surface area contributed by atoms with E-state index >= 15 is 0 Å². The Bertz CT molecular complexity index is 1280. The molecule has 0 aliphatic heterocycles. The molecule has 0 saturated heterocycles. The van der Waals surface area contributed by atoms with Crippen molar-refractivity contribution in [3.05, 3.63) is 62.6 Å². The third-order valence-corrected chi connectivity index (χ3v) is 9.04. The first-order chi connectivity index (χ1) is 18.4. The highest BCUT2D eigenvalue weighted by atomic mass is 35.5. The van der Waals surface area contributed by atoms with Gasteiger partial charge in [-0.05, 0) is 68.0 Å². The number of nitrogens with one attached hydrogen (secondary N) is 1. The molecule has 0 radical (unpaired) electrons. The topological polar surface area (TPSA) is 86.8 Å². The number of hydrogen-bond donors (Lipinski definition) is 1. The Labute approximate surface area is 246 Å². The van der Waals surface area contributed by atoms with Crippen molar-refractivity contribution in [3.63, 3.8) is 0 Å². The molecule has 1 aliphatic rings. The van der Waals surface area contributed by atoms with Crippen molar-refractivity contribution >= 4 is 62.3 Å². The molecule has 2 amide bonds. The van der Waals surface area contributed by atoms with E-state index in [-0.39, 0.29) is 43.8 Å². The van der Waals surface area contributed by atoms with E-state index in [9.17, 15) is 18.0 Å². The number of sulfonamides is 1. The normalized spacial score (nSPS) is 14.7. The van der Waals surface area contributed by atoms with E-state index in [1.165, 1.54) is 4.31 Å². The fraction of sp³-hybridized carbons (Fsp3) is 0.500. The molecular weight excluding hydrogens is 581 g/mol. The zero-order valence-corrected chi connectivity index (χ0v) is 25.6. The molecule has 39 heavy (non-hydrogen) atoms. The maximum atomic E-state index is 13.6. The third-order valence-electron chi connectivity index (χ3n) is 7.04. The summed E-state index contributed by atoms with van der Waals surface area (Å²) in [6, 6.07) is 9.55. The van der Waals surface area contributed by atoms with Crippen molar-refractivity contribution in [2.45, 2.75) is 77.4 Å². The fourth-order valence-electron chi connectivity index (χ4n) is 4.95. The largest absolute Gasteiger partial charge is 0.352 e. The maximum Gasteiger partial charge on any atom is 0.243 e. The van der Waals surface area contributed by atoms with Gasteiger partial charge in [0.05, 0.1) is 11.9 Å². The van der Waals surface area contributed by atoms with Crippen molar-refractivity contribution in [2.24, 2.45) is 0 Å². The molecule has 1 N–H and O–H groups in total. The van der Waals surface area contributed by atoms with Gasteiger partial charge < -0.3 is 10.2 Å². The van der Waals surface area contributed by atoms with Crippen molar-refractivity contribution in [1.29, 1.82) is 0 Å². The minimum Gasteiger partial charge on any atom is -0.352 e. The number of amides is 2. The first-order valence-electron chi connectivity index (χ1n) is 13.2. The molecular formula is C28H36Cl3N3O4S. The van der Waals surface area contributed by atoms with Gasteiger partial charge >= 0.3 is 0 Å². The van der Waals surface area contributed by atoms with Gasteiger partial charge in [0, 0.05) is 40.6 Å². The van der Waals surface area contributed by atoms with Crippen LogP contribution >= 0.6 is 34.8 Å². The van der Waals surface area contributed by atoms with E-state index in [1.807, 2.05) is 6.92 Å². The van der Waals surface area contributed by atoms with Gasteiger partial charge in [-0.1, -0.05) is 66.7 Å². The number of rotatable bonds is 12. The van der Waals surface area contributed by atoms with Crippen LogP contribution in [-0.4, -0.2) is 50.0 Å². The minimum atomic E-state index is -3.63. The Morgan fingerprint density at radius 1 is 1.05 bits per heavy atom. The molecule has 0 unspecified atom stereocenters. The van der Waals surface area contributed by atoms with Crippen LogP contribution in [0.2, 0.25) is 15.1 Å². The van der Waals surface area contributed by atoms with Gasteiger partial charge in [0.2, 0.25) is 21.8 Å². The third kappa shape index (κ3) is 8.74. The SMILES string of the molecule is CC[C@@H](C(=O)NC1CCCC1)N(Cc1ccc(Cl)cc1Cl)C(=O)CCCN(c1cc(Cl)ccc1C)S(C)(=O)=O. The second kappa shape index (κ2) is 14.1. The van der Waals surface area contributed by atoms with E-state index in [2.05, 4.69) is 5.32 Å². The summed E-state index contributed by atoms with van der Waals surface area (Å²) < 4.78 is 26.5. The number of nitrogens with zero attached hydrogens (tertiary/aromatic N) is 2. The van der Waals surface area contributed by atoms with E-state index in [4.69, 9.17) is 34.8 Å². The van der Waals surface area contributed by atoms with Crippen molar-refractivity contribution < 1.29 is 18.0 Å². The van der Waals surface area contributed by atoms with Crippen LogP contribution in [0.25, 0.3) is 0 Å². The fourth-order valence-corrected chi connectivity index (χ4v) is 6.60.